The summed E-state index contributed by atoms with van der Waals surface area (Å²) in [4.78, 5) is 28.5. The van der Waals surface area contributed by atoms with Gasteiger partial charge in [0.25, 0.3) is 0 Å². The van der Waals surface area contributed by atoms with Crippen LogP contribution in [0, 0.1) is 13.8 Å². The maximum atomic E-state index is 13.4. The first-order valence-electron chi connectivity index (χ1n) is 12.3. The summed E-state index contributed by atoms with van der Waals surface area (Å²) < 4.78 is 0. The van der Waals surface area contributed by atoms with E-state index in [9.17, 15) is 9.59 Å². The van der Waals surface area contributed by atoms with Gasteiger partial charge in [-0.25, -0.2) is 0 Å². The number of hydrogen-bond donors (Lipinski definition) is 1. The average Bonchev–Trinajstić information content (AvgIpc) is 2.82. The number of nitrogens with zero attached hydrogens (tertiary/aromatic N) is 1. The second-order valence-corrected chi connectivity index (χ2v) is 10.2. The van der Waals surface area contributed by atoms with Crippen molar-refractivity contribution in [2.45, 2.75) is 83.7 Å². The molecule has 0 aromatic heterocycles. The Bertz CT molecular complexity index is 906. The Kier molecular flexibility index (Phi) is 9.86. The number of nitrogens with one attached hydrogen (secondary N) is 1. The molecule has 0 bridgehead atoms. The molecule has 0 spiro atoms. The van der Waals surface area contributed by atoms with Gasteiger partial charge in [-0.3, -0.25) is 9.59 Å². The molecular formula is C28H38N2O2S. The minimum atomic E-state index is -0.445. The van der Waals surface area contributed by atoms with Crippen molar-refractivity contribution in [1.82, 2.24) is 10.2 Å². The SMILES string of the molecule is CCC(C(=O)NC1CCCCC1)N(Cc1ccccc1C)C(=O)CSCc1ccc(C)cc1. The Balaban J connectivity index is 1.70. The van der Waals surface area contributed by atoms with Crippen molar-refractivity contribution in [2.75, 3.05) is 5.75 Å². The number of benzene rings is 2. The minimum absolute atomic E-state index is 0.00475. The summed E-state index contributed by atoms with van der Waals surface area (Å²) in [5.41, 5.74) is 4.69. The monoisotopic (exact) mass is 466 g/mol. The smallest absolute Gasteiger partial charge is 0.243 e. The summed E-state index contributed by atoms with van der Waals surface area (Å²) in [6.45, 7) is 6.61. The van der Waals surface area contributed by atoms with Crippen molar-refractivity contribution in [3.63, 3.8) is 0 Å². The third kappa shape index (κ3) is 7.63. The maximum Gasteiger partial charge on any atom is 0.243 e. The minimum Gasteiger partial charge on any atom is -0.352 e. The molecule has 0 saturated heterocycles. The zero-order chi connectivity index (χ0) is 23.6. The highest BCUT2D eigenvalue weighted by Crippen LogP contribution is 2.21. The second-order valence-electron chi connectivity index (χ2n) is 9.19. The van der Waals surface area contributed by atoms with Crippen LogP contribution in [0.2, 0.25) is 0 Å². The van der Waals surface area contributed by atoms with Gasteiger partial charge in [0.05, 0.1) is 5.75 Å². The third-order valence-corrected chi connectivity index (χ3v) is 7.54. The van der Waals surface area contributed by atoms with Crippen LogP contribution in [0.1, 0.15) is 67.7 Å². The highest BCUT2D eigenvalue weighted by atomic mass is 32.2. The van der Waals surface area contributed by atoms with Crippen LogP contribution in [0.15, 0.2) is 48.5 Å². The van der Waals surface area contributed by atoms with E-state index in [4.69, 9.17) is 0 Å². The molecule has 1 saturated carbocycles. The van der Waals surface area contributed by atoms with Crippen LogP contribution in [-0.4, -0.2) is 34.6 Å². The Hall–Kier alpha value is -2.27. The maximum absolute atomic E-state index is 13.4. The number of rotatable bonds is 10. The fraction of sp³-hybridized carbons (Fsp3) is 0.500. The third-order valence-electron chi connectivity index (χ3n) is 6.55. The zero-order valence-electron chi connectivity index (χ0n) is 20.3. The lowest BCUT2D eigenvalue weighted by atomic mass is 9.95. The number of hydrogen-bond acceptors (Lipinski definition) is 3. The highest BCUT2D eigenvalue weighted by Gasteiger charge is 2.30. The largest absolute Gasteiger partial charge is 0.352 e. The summed E-state index contributed by atoms with van der Waals surface area (Å²) >= 11 is 1.62. The topological polar surface area (TPSA) is 49.4 Å². The highest BCUT2D eigenvalue weighted by molar-refractivity contribution is 7.99. The van der Waals surface area contributed by atoms with Gasteiger partial charge in [-0.2, -0.15) is 0 Å². The van der Waals surface area contributed by atoms with E-state index in [1.807, 2.05) is 24.0 Å². The first kappa shape index (κ1) is 25.4. The van der Waals surface area contributed by atoms with E-state index >= 15 is 0 Å². The summed E-state index contributed by atoms with van der Waals surface area (Å²) in [5, 5.41) is 3.25. The molecule has 2 amide bonds. The first-order chi connectivity index (χ1) is 16.0. The zero-order valence-corrected chi connectivity index (χ0v) is 21.1. The van der Waals surface area contributed by atoms with Crippen LogP contribution in [0.5, 0.6) is 0 Å². The second kappa shape index (κ2) is 12.8. The number of thioether (sulfide) groups is 1. The first-order valence-corrected chi connectivity index (χ1v) is 13.4. The van der Waals surface area contributed by atoms with Gasteiger partial charge >= 0.3 is 0 Å². The number of amides is 2. The molecule has 1 fully saturated rings. The quantitative estimate of drug-likeness (QED) is 0.482. The summed E-state index contributed by atoms with van der Waals surface area (Å²) in [6, 6.07) is 16.4. The van der Waals surface area contributed by atoms with Crippen molar-refractivity contribution in [1.29, 1.82) is 0 Å². The van der Waals surface area contributed by atoms with Gasteiger partial charge in [0, 0.05) is 18.3 Å². The number of carbonyl (C=O) groups is 2. The van der Waals surface area contributed by atoms with Gasteiger partial charge in [-0.1, -0.05) is 80.3 Å². The summed E-state index contributed by atoms with van der Waals surface area (Å²) in [6.07, 6.45) is 6.28. The van der Waals surface area contributed by atoms with E-state index in [0.717, 1.165) is 29.7 Å². The lowest BCUT2D eigenvalue weighted by molar-refractivity contribution is -0.139. The molecule has 0 heterocycles. The molecule has 4 nitrogen and oxygen atoms in total. The normalized spacial score (nSPS) is 15.1. The van der Waals surface area contributed by atoms with E-state index in [-0.39, 0.29) is 17.9 Å². The molecule has 1 N–H and O–H groups in total. The van der Waals surface area contributed by atoms with Crippen LogP contribution in [0.25, 0.3) is 0 Å². The lowest BCUT2D eigenvalue weighted by Crippen LogP contribution is -2.52. The molecule has 33 heavy (non-hydrogen) atoms. The average molecular weight is 467 g/mol. The van der Waals surface area contributed by atoms with Crippen molar-refractivity contribution in [3.05, 3.63) is 70.8 Å². The van der Waals surface area contributed by atoms with Gasteiger partial charge in [0.15, 0.2) is 0 Å². The number of aryl methyl sites for hydroxylation is 2. The predicted octanol–water partition coefficient (Wildman–Crippen LogP) is 5.79. The summed E-state index contributed by atoms with van der Waals surface area (Å²) in [7, 11) is 0. The van der Waals surface area contributed by atoms with Gasteiger partial charge in [0.2, 0.25) is 11.8 Å². The Morgan fingerprint density at radius 2 is 1.73 bits per heavy atom. The molecule has 1 unspecified atom stereocenters. The lowest BCUT2D eigenvalue weighted by Gasteiger charge is -2.33. The molecule has 2 aromatic carbocycles. The fourth-order valence-electron chi connectivity index (χ4n) is 4.46. The predicted molar refractivity (Wildman–Crippen MR) is 138 cm³/mol. The van der Waals surface area contributed by atoms with E-state index in [1.165, 1.54) is 30.4 Å². The molecule has 2 aromatic rings. The van der Waals surface area contributed by atoms with Crippen molar-refractivity contribution < 1.29 is 9.59 Å². The van der Waals surface area contributed by atoms with Crippen LogP contribution >= 0.6 is 11.8 Å². The van der Waals surface area contributed by atoms with Crippen molar-refractivity contribution in [2.24, 2.45) is 0 Å². The molecule has 0 aliphatic heterocycles. The molecule has 1 aliphatic carbocycles. The van der Waals surface area contributed by atoms with E-state index < -0.39 is 6.04 Å². The van der Waals surface area contributed by atoms with E-state index in [0.29, 0.717) is 18.7 Å². The van der Waals surface area contributed by atoms with Crippen LogP contribution in [-0.2, 0) is 21.9 Å². The standard InChI is InChI=1S/C28H38N2O2S/c1-4-26(28(32)29-25-12-6-5-7-13-25)30(18-24-11-9-8-10-22(24)3)27(31)20-33-19-23-16-14-21(2)15-17-23/h8-11,14-17,25-26H,4-7,12-13,18-20H2,1-3H3,(H,29,32). The fourth-order valence-corrected chi connectivity index (χ4v) is 5.33. The molecular weight excluding hydrogens is 428 g/mol. The van der Waals surface area contributed by atoms with E-state index in [2.05, 4.69) is 55.6 Å². The van der Waals surface area contributed by atoms with Crippen LogP contribution < -0.4 is 5.32 Å². The van der Waals surface area contributed by atoms with Gasteiger partial charge in [0.1, 0.15) is 6.04 Å². The van der Waals surface area contributed by atoms with Gasteiger partial charge < -0.3 is 10.2 Å². The molecule has 1 atom stereocenters. The Morgan fingerprint density at radius 1 is 1.03 bits per heavy atom. The molecule has 1 aliphatic rings. The van der Waals surface area contributed by atoms with Crippen molar-refractivity contribution in [3.8, 4) is 0 Å². The van der Waals surface area contributed by atoms with Gasteiger partial charge in [-0.05, 0) is 49.8 Å². The van der Waals surface area contributed by atoms with Crippen LogP contribution in [0.3, 0.4) is 0 Å². The number of carbonyl (C=O) groups excluding carboxylic acids is 2. The molecule has 178 valence electrons. The van der Waals surface area contributed by atoms with Crippen molar-refractivity contribution >= 4 is 23.6 Å². The van der Waals surface area contributed by atoms with E-state index in [1.54, 1.807) is 11.8 Å². The Morgan fingerprint density at radius 3 is 2.39 bits per heavy atom. The molecule has 0 radical (unpaired) electrons. The summed E-state index contributed by atoms with van der Waals surface area (Å²) in [5.74, 6) is 1.18. The van der Waals surface area contributed by atoms with Gasteiger partial charge in [-0.15, -0.1) is 11.8 Å². The van der Waals surface area contributed by atoms with Crippen LogP contribution in [0.4, 0.5) is 0 Å². The molecule has 5 heteroatoms. The Labute approximate surface area is 203 Å². The molecule has 3 rings (SSSR count).